The van der Waals surface area contributed by atoms with Crippen LogP contribution >= 0.6 is 11.3 Å². The number of nitrogens with one attached hydrogen (secondary N) is 2. The van der Waals surface area contributed by atoms with Gasteiger partial charge in [0, 0.05) is 10.6 Å². The molecule has 18 heavy (non-hydrogen) atoms. The van der Waals surface area contributed by atoms with Crippen molar-refractivity contribution in [2.45, 2.75) is 13.0 Å². The second-order valence-electron chi connectivity index (χ2n) is 4.02. The maximum Gasteiger partial charge on any atom is 0.239 e. The van der Waals surface area contributed by atoms with E-state index in [4.69, 9.17) is 0 Å². The lowest BCUT2D eigenvalue weighted by molar-refractivity contribution is -0.120. The van der Waals surface area contributed by atoms with Crippen molar-refractivity contribution in [3.8, 4) is 0 Å². The zero-order valence-corrected chi connectivity index (χ0v) is 11.0. The fraction of sp³-hybridized carbons (Fsp3) is 0.214. The third-order valence-electron chi connectivity index (χ3n) is 2.57. The number of hydrogen-bond acceptors (Lipinski definition) is 3. The number of para-hydroxylation sites is 1. The molecule has 0 bridgehead atoms. The Morgan fingerprint density at radius 1 is 1.22 bits per heavy atom. The van der Waals surface area contributed by atoms with Crippen LogP contribution in [-0.4, -0.2) is 12.5 Å². The predicted octanol–water partition coefficient (Wildman–Crippen LogP) is 3.04. The summed E-state index contributed by atoms with van der Waals surface area (Å²) in [6, 6.07) is 13.8. The van der Waals surface area contributed by atoms with Crippen LogP contribution in [0, 0.1) is 0 Å². The smallest absolute Gasteiger partial charge is 0.239 e. The first-order chi connectivity index (χ1) is 8.75. The topological polar surface area (TPSA) is 41.1 Å². The zero-order valence-electron chi connectivity index (χ0n) is 10.2. The molecular formula is C14H16N2OS. The normalized spacial score (nSPS) is 11.8. The summed E-state index contributed by atoms with van der Waals surface area (Å²) in [5, 5.41) is 8.06. The van der Waals surface area contributed by atoms with Crippen molar-refractivity contribution < 1.29 is 4.79 Å². The van der Waals surface area contributed by atoms with E-state index in [1.807, 2.05) is 54.8 Å². The Hall–Kier alpha value is -1.81. The van der Waals surface area contributed by atoms with Crippen molar-refractivity contribution in [1.82, 2.24) is 5.32 Å². The quantitative estimate of drug-likeness (QED) is 0.867. The molecule has 3 nitrogen and oxygen atoms in total. The fourth-order valence-corrected chi connectivity index (χ4v) is 2.37. The van der Waals surface area contributed by atoms with Gasteiger partial charge >= 0.3 is 0 Å². The number of thiophene rings is 1. The molecule has 0 saturated heterocycles. The van der Waals surface area contributed by atoms with Gasteiger partial charge in [-0.25, -0.2) is 0 Å². The number of rotatable bonds is 5. The van der Waals surface area contributed by atoms with Gasteiger partial charge in [-0.15, -0.1) is 11.3 Å². The Morgan fingerprint density at radius 3 is 2.67 bits per heavy atom. The number of carbonyl (C=O) groups excluding carboxylic acids is 1. The second kappa shape index (κ2) is 6.21. The first-order valence-electron chi connectivity index (χ1n) is 5.87. The highest BCUT2D eigenvalue weighted by atomic mass is 32.1. The summed E-state index contributed by atoms with van der Waals surface area (Å²) in [7, 11) is 0. The Kier molecular flexibility index (Phi) is 4.36. The molecule has 1 heterocycles. The molecule has 1 aromatic heterocycles. The van der Waals surface area contributed by atoms with E-state index in [-0.39, 0.29) is 11.9 Å². The van der Waals surface area contributed by atoms with Gasteiger partial charge in [0.1, 0.15) is 0 Å². The van der Waals surface area contributed by atoms with Gasteiger partial charge < -0.3 is 10.6 Å². The molecule has 1 atom stereocenters. The molecule has 0 aliphatic rings. The third-order valence-corrected chi connectivity index (χ3v) is 3.63. The average Bonchev–Trinajstić information content (AvgIpc) is 2.91. The third kappa shape index (κ3) is 3.60. The molecular weight excluding hydrogens is 244 g/mol. The lowest BCUT2D eigenvalue weighted by Crippen LogP contribution is -2.31. The van der Waals surface area contributed by atoms with Crippen LogP contribution in [0.4, 0.5) is 5.69 Å². The van der Waals surface area contributed by atoms with Crippen LogP contribution in [0.25, 0.3) is 0 Å². The van der Waals surface area contributed by atoms with Crippen molar-refractivity contribution in [3.63, 3.8) is 0 Å². The molecule has 1 unspecified atom stereocenters. The zero-order chi connectivity index (χ0) is 12.8. The fourth-order valence-electron chi connectivity index (χ4n) is 1.64. The number of amides is 1. The molecule has 2 aromatic rings. The van der Waals surface area contributed by atoms with Crippen LogP contribution < -0.4 is 10.6 Å². The molecule has 0 saturated carbocycles. The number of hydrogen-bond donors (Lipinski definition) is 2. The minimum absolute atomic E-state index is 0.000229. The molecule has 2 N–H and O–H groups in total. The largest absolute Gasteiger partial charge is 0.376 e. The van der Waals surface area contributed by atoms with Crippen LogP contribution in [0.5, 0.6) is 0 Å². The Balaban J connectivity index is 1.79. The van der Waals surface area contributed by atoms with Crippen LogP contribution in [-0.2, 0) is 4.79 Å². The SMILES string of the molecule is CC(NC(=O)CNc1ccccc1)c1cccs1. The Labute approximate surface area is 111 Å². The molecule has 0 radical (unpaired) electrons. The van der Waals surface area contributed by atoms with E-state index in [1.54, 1.807) is 11.3 Å². The van der Waals surface area contributed by atoms with E-state index >= 15 is 0 Å². The standard InChI is InChI=1S/C14H16N2OS/c1-11(13-8-5-9-18-13)16-14(17)10-15-12-6-3-2-4-7-12/h2-9,11,15H,10H2,1H3,(H,16,17). The average molecular weight is 260 g/mol. The summed E-state index contributed by atoms with van der Waals surface area (Å²) < 4.78 is 0. The van der Waals surface area contributed by atoms with Gasteiger partial charge in [0.25, 0.3) is 0 Å². The molecule has 0 spiro atoms. The summed E-state index contributed by atoms with van der Waals surface area (Å²) in [5.74, 6) is -0.000229. The van der Waals surface area contributed by atoms with Gasteiger partial charge in [0.15, 0.2) is 0 Å². The van der Waals surface area contributed by atoms with Crippen molar-refractivity contribution in [2.75, 3.05) is 11.9 Å². The van der Waals surface area contributed by atoms with Crippen LogP contribution in [0.3, 0.4) is 0 Å². The Bertz CT molecular complexity index is 482. The van der Waals surface area contributed by atoms with Crippen molar-refractivity contribution in [2.24, 2.45) is 0 Å². The van der Waals surface area contributed by atoms with E-state index < -0.39 is 0 Å². The number of anilines is 1. The number of benzene rings is 1. The summed E-state index contributed by atoms with van der Waals surface area (Å²) in [6.07, 6.45) is 0. The van der Waals surface area contributed by atoms with E-state index in [0.29, 0.717) is 6.54 Å². The highest BCUT2D eigenvalue weighted by Crippen LogP contribution is 2.17. The lowest BCUT2D eigenvalue weighted by atomic mass is 10.2. The summed E-state index contributed by atoms with van der Waals surface area (Å²) >= 11 is 1.65. The lowest BCUT2D eigenvalue weighted by Gasteiger charge is -2.13. The summed E-state index contributed by atoms with van der Waals surface area (Å²) in [4.78, 5) is 12.9. The monoisotopic (exact) mass is 260 g/mol. The first kappa shape index (κ1) is 12.6. The predicted molar refractivity (Wildman–Crippen MR) is 75.8 cm³/mol. The molecule has 4 heteroatoms. The van der Waals surface area contributed by atoms with Crippen molar-refractivity contribution in [1.29, 1.82) is 0 Å². The van der Waals surface area contributed by atoms with E-state index in [0.717, 1.165) is 5.69 Å². The first-order valence-corrected chi connectivity index (χ1v) is 6.75. The van der Waals surface area contributed by atoms with Crippen LogP contribution in [0.15, 0.2) is 47.8 Å². The minimum Gasteiger partial charge on any atom is -0.376 e. The molecule has 2 rings (SSSR count). The highest BCUT2D eigenvalue weighted by molar-refractivity contribution is 7.10. The van der Waals surface area contributed by atoms with E-state index in [1.165, 1.54) is 4.88 Å². The molecule has 0 fully saturated rings. The van der Waals surface area contributed by atoms with Gasteiger partial charge in [-0.05, 0) is 30.5 Å². The molecule has 0 aliphatic carbocycles. The maximum atomic E-state index is 11.8. The van der Waals surface area contributed by atoms with Crippen LogP contribution in [0.1, 0.15) is 17.8 Å². The minimum atomic E-state index is -0.000229. The van der Waals surface area contributed by atoms with Gasteiger partial charge in [0.05, 0.1) is 12.6 Å². The molecule has 94 valence electrons. The summed E-state index contributed by atoms with van der Waals surface area (Å²) in [5.41, 5.74) is 0.955. The molecule has 1 amide bonds. The molecule has 0 aliphatic heterocycles. The second-order valence-corrected chi connectivity index (χ2v) is 5.00. The van der Waals surface area contributed by atoms with Crippen molar-refractivity contribution in [3.05, 3.63) is 52.7 Å². The molecule has 1 aromatic carbocycles. The van der Waals surface area contributed by atoms with E-state index in [9.17, 15) is 4.79 Å². The van der Waals surface area contributed by atoms with Gasteiger partial charge in [0.2, 0.25) is 5.91 Å². The van der Waals surface area contributed by atoms with Gasteiger partial charge in [-0.1, -0.05) is 24.3 Å². The number of carbonyl (C=O) groups is 1. The van der Waals surface area contributed by atoms with Gasteiger partial charge in [-0.3, -0.25) is 4.79 Å². The van der Waals surface area contributed by atoms with Gasteiger partial charge in [-0.2, -0.15) is 0 Å². The van der Waals surface area contributed by atoms with E-state index in [2.05, 4.69) is 10.6 Å². The maximum absolute atomic E-state index is 11.8. The Morgan fingerprint density at radius 2 is 2.00 bits per heavy atom. The van der Waals surface area contributed by atoms with Crippen molar-refractivity contribution >= 4 is 22.9 Å². The highest BCUT2D eigenvalue weighted by Gasteiger charge is 2.09. The summed E-state index contributed by atoms with van der Waals surface area (Å²) in [6.45, 7) is 2.28. The van der Waals surface area contributed by atoms with Crippen LogP contribution in [0.2, 0.25) is 0 Å².